The van der Waals surface area contributed by atoms with Crippen molar-refractivity contribution in [1.29, 1.82) is 0 Å². The van der Waals surface area contributed by atoms with Crippen LogP contribution in [0.4, 0.5) is 5.69 Å². The van der Waals surface area contributed by atoms with Gasteiger partial charge in [-0.25, -0.2) is 0 Å². The van der Waals surface area contributed by atoms with E-state index in [9.17, 15) is 14.4 Å². The smallest absolute Gasteiger partial charge is 0.254 e. The molecule has 1 aliphatic rings. The monoisotopic (exact) mass is 389 g/mol. The maximum Gasteiger partial charge on any atom is 0.254 e. The van der Waals surface area contributed by atoms with Gasteiger partial charge in [0.25, 0.3) is 5.91 Å². The first-order chi connectivity index (χ1) is 12.6. The van der Waals surface area contributed by atoms with E-state index in [4.69, 9.17) is 0 Å². The van der Waals surface area contributed by atoms with Gasteiger partial charge in [-0.1, -0.05) is 6.07 Å². The SMILES string of the molecule is CCN(CC(=O)NCc1cccs1)C(=O)c1ccc2c(c1)NC(=O)CS2. The molecule has 0 aliphatic carbocycles. The van der Waals surface area contributed by atoms with Crippen LogP contribution < -0.4 is 10.6 Å². The van der Waals surface area contributed by atoms with Crippen LogP contribution in [-0.4, -0.2) is 41.5 Å². The fraction of sp³-hybridized carbons (Fsp3) is 0.278. The second-order valence-corrected chi connectivity index (χ2v) is 7.77. The van der Waals surface area contributed by atoms with Crippen molar-refractivity contribution in [1.82, 2.24) is 10.2 Å². The lowest BCUT2D eigenvalue weighted by Gasteiger charge is -2.22. The van der Waals surface area contributed by atoms with Gasteiger partial charge < -0.3 is 15.5 Å². The van der Waals surface area contributed by atoms with Crippen LogP contribution in [0.2, 0.25) is 0 Å². The van der Waals surface area contributed by atoms with E-state index in [1.54, 1.807) is 23.5 Å². The molecular weight excluding hydrogens is 370 g/mol. The summed E-state index contributed by atoms with van der Waals surface area (Å²) in [6.45, 7) is 2.72. The third kappa shape index (κ3) is 4.44. The van der Waals surface area contributed by atoms with Gasteiger partial charge in [0.1, 0.15) is 0 Å². The number of amides is 3. The number of thiophene rings is 1. The quantitative estimate of drug-likeness (QED) is 0.796. The first-order valence-electron chi connectivity index (χ1n) is 8.22. The van der Waals surface area contributed by atoms with E-state index in [-0.39, 0.29) is 24.3 Å². The van der Waals surface area contributed by atoms with Crippen LogP contribution >= 0.6 is 23.1 Å². The number of carbonyl (C=O) groups is 3. The summed E-state index contributed by atoms with van der Waals surface area (Å²) in [6.07, 6.45) is 0. The summed E-state index contributed by atoms with van der Waals surface area (Å²) in [5, 5.41) is 7.56. The molecule has 0 bridgehead atoms. The van der Waals surface area contributed by atoms with Crippen LogP contribution in [0.25, 0.3) is 0 Å². The van der Waals surface area contributed by atoms with E-state index in [2.05, 4.69) is 10.6 Å². The molecule has 6 nitrogen and oxygen atoms in total. The van der Waals surface area contributed by atoms with Gasteiger partial charge >= 0.3 is 0 Å². The molecule has 1 aromatic carbocycles. The standard InChI is InChI=1S/C18H19N3O3S2/c1-2-21(10-16(22)19-9-13-4-3-7-25-13)18(24)12-5-6-15-14(8-12)20-17(23)11-26-15/h3-8H,2,9-11H2,1H3,(H,19,22)(H,20,23). The van der Waals surface area contributed by atoms with Crippen molar-refractivity contribution in [2.24, 2.45) is 0 Å². The van der Waals surface area contributed by atoms with E-state index in [0.29, 0.717) is 30.1 Å². The van der Waals surface area contributed by atoms with Crippen molar-refractivity contribution in [3.8, 4) is 0 Å². The Hall–Kier alpha value is -2.32. The normalized spacial score (nSPS) is 12.9. The molecule has 3 amide bonds. The topological polar surface area (TPSA) is 78.5 Å². The molecule has 2 aromatic rings. The molecule has 0 unspecified atom stereocenters. The number of hydrogen-bond acceptors (Lipinski definition) is 5. The number of nitrogens with one attached hydrogen (secondary N) is 2. The lowest BCUT2D eigenvalue weighted by atomic mass is 10.1. The molecule has 3 rings (SSSR count). The maximum atomic E-state index is 12.7. The Bertz CT molecular complexity index is 821. The minimum atomic E-state index is -0.230. The lowest BCUT2D eigenvalue weighted by Crippen LogP contribution is -2.40. The zero-order valence-electron chi connectivity index (χ0n) is 14.3. The molecule has 26 heavy (non-hydrogen) atoms. The van der Waals surface area contributed by atoms with Crippen LogP contribution in [0.5, 0.6) is 0 Å². The number of anilines is 1. The molecule has 8 heteroatoms. The second-order valence-electron chi connectivity index (χ2n) is 5.72. The van der Waals surface area contributed by atoms with Gasteiger partial charge in [0.05, 0.1) is 24.5 Å². The number of rotatable bonds is 6. The Balaban J connectivity index is 1.64. The predicted molar refractivity (Wildman–Crippen MR) is 104 cm³/mol. The molecule has 1 aromatic heterocycles. The minimum Gasteiger partial charge on any atom is -0.350 e. The molecular formula is C18H19N3O3S2. The van der Waals surface area contributed by atoms with Crippen molar-refractivity contribution >= 4 is 46.5 Å². The molecule has 0 saturated heterocycles. The van der Waals surface area contributed by atoms with E-state index >= 15 is 0 Å². The molecule has 2 N–H and O–H groups in total. The van der Waals surface area contributed by atoms with Gasteiger partial charge in [-0.15, -0.1) is 23.1 Å². The van der Waals surface area contributed by atoms with Crippen molar-refractivity contribution in [3.05, 3.63) is 46.2 Å². The Labute approximate surface area is 160 Å². The van der Waals surface area contributed by atoms with Crippen LogP contribution in [0, 0.1) is 0 Å². The second kappa shape index (κ2) is 8.37. The molecule has 0 saturated carbocycles. The average molecular weight is 390 g/mol. The molecule has 0 fully saturated rings. The van der Waals surface area contributed by atoms with Crippen LogP contribution in [0.1, 0.15) is 22.2 Å². The Morgan fingerprint density at radius 3 is 2.88 bits per heavy atom. The zero-order valence-corrected chi connectivity index (χ0v) is 15.9. The number of fused-ring (bicyclic) bond motifs is 1. The minimum absolute atomic E-state index is 0.00109. The van der Waals surface area contributed by atoms with Crippen LogP contribution in [0.15, 0.2) is 40.6 Å². The van der Waals surface area contributed by atoms with Crippen molar-refractivity contribution < 1.29 is 14.4 Å². The first kappa shape index (κ1) is 18.5. The van der Waals surface area contributed by atoms with Gasteiger partial charge in [-0.2, -0.15) is 0 Å². The van der Waals surface area contributed by atoms with E-state index in [1.165, 1.54) is 16.7 Å². The number of hydrogen-bond donors (Lipinski definition) is 2. The van der Waals surface area contributed by atoms with Crippen molar-refractivity contribution in [3.63, 3.8) is 0 Å². The Kier molecular flexibility index (Phi) is 5.95. The number of thioether (sulfide) groups is 1. The number of benzene rings is 1. The highest BCUT2D eigenvalue weighted by Crippen LogP contribution is 2.32. The van der Waals surface area contributed by atoms with Gasteiger partial charge in [0.15, 0.2) is 0 Å². The summed E-state index contributed by atoms with van der Waals surface area (Å²) in [4.78, 5) is 39.9. The third-order valence-electron chi connectivity index (χ3n) is 3.90. The third-order valence-corrected chi connectivity index (χ3v) is 5.85. The summed E-state index contributed by atoms with van der Waals surface area (Å²) in [7, 11) is 0. The summed E-state index contributed by atoms with van der Waals surface area (Å²) in [5.41, 5.74) is 1.11. The fourth-order valence-electron chi connectivity index (χ4n) is 2.55. The first-order valence-corrected chi connectivity index (χ1v) is 10.1. The highest BCUT2D eigenvalue weighted by Gasteiger charge is 2.21. The van der Waals surface area contributed by atoms with Crippen molar-refractivity contribution in [2.75, 3.05) is 24.2 Å². The largest absolute Gasteiger partial charge is 0.350 e. The van der Waals surface area contributed by atoms with Gasteiger partial charge in [0, 0.05) is 21.9 Å². The Morgan fingerprint density at radius 1 is 1.31 bits per heavy atom. The lowest BCUT2D eigenvalue weighted by molar-refractivity contribution is -0.122. The van der Waals surface area contributed by atoms with E-state index in [1.807, 2.05) is 30.5 Å². The maximum absolute atomic E-state index is 12.7. The fourth-order valence-corrected chi connectivity index (χ4v) is 3.99. The van der Waals surface area contributed by atoms with Crippen LogP contribution in [0.3, 0.4) is 0 Å². The molecule has 0 atom stereocenters. The number of carbonyl (C=O) groups excluding carboxylic acids is 3. The van der Waals surface area contributed by atoms with Crippen LogP contribution in [-0.2, 0) is 16.1 Å². The van der Waals surface area contributed by atoms with Gasteiger partial charge in [0.2, 0.25) is 11.8 Å². The highest BCUT2D eigenvalue weighted by molar-refractivity contribution is 8.00. The molecule has 1 aliphatic heterocycles. The van der Waals surface area contributed by atoms with E-state index in [0.717, 1.165) is 9.77 Å². The molecule has 2 heterocycles. The molecule has 136 valence electrons. The molecule has 0 spiro atoms. The van der Waals surface area contributed by atoms with Gasteiger partial charge in [-0.05, 0) is 36.6 Å². The number of likely N-dealkylation sites (N-methyl/N-ethyl adjacent to an activating group) is 1. The van der Waals surface area contributed by atoms with Gasteiger partial charge in [-0.3, -0.25) is 14.4 Å². The zero-order chi connectivity index (χ0) is 18.5. The summed E-state index contributed by atoms with van der Waals surface area (Å²) >= 11 is 3.02. The van der Waals surface area contributed by atoms with Crippen molar-refractivity contribution in [2.45, 2.75) is 18.4 Å². The molecule has 0 radical (unpaired) electrons. The summed E-state index contributed by atoms with van der Waals surface area (Å²) in [5.74, 6) is -0.125. The average Bonchev–Trinajstić information content (AvgIpc) is 3.17. The van der Waals surface area contributed by atoms with E-state index < -0.39 is 0 Å². The Morgan fingerprint density at radius 2 is 2.15 bits per heavy atom. The number of nitrogens with zero attached hydrogens (tertiary/aromatic N) is 1. The highest BCUT2D eigenvalue weighted by atomic mass is 32.2. The summed E-state index contributed by atoms with van der Waals surface area (Å²) < 4.78 is 0. The predicted octanol–water partition coefficient (Wildman–Crippen LogP) is 2.57. The summed E-state index contributed by atoms with van der Waals surface area (Å²) in [6, 6.07) is 9.12.